The molecule has 0 saturated heterocycles. The number of nitrogens with zero attached hydrogens (tertiary/aromatic N) is 2. The number of aromatic nitrogens is 2. The van der Waals surface area contributed by atoms with Gasteiger partial charge in [0.25, 0.3) is 5.89 Å². The van der Waals surface area contributed by atoms with Gasteiger partial charge < -0.3 is 9.63 Å². The van der Waals surface area contributed by atoms with Crippen LogP contribution in [0.5, 0.6) is 0 Å². The van der Waals surface area contributed by atoms with Gasteiger partial charge in [-0.1, -0.05) is 33.2 Å². The molecule has 0 bridgehead atoms. The van der Waals surface area contributed by atoms with E-state index in [2.05, 4.69) is 26.1 Å². The van der Waals surface area contributed by atoms with Crippen molar-refractivity contribution < 1.29 is 9.63 Å². The van der Waals surface area contributed by atoms with Gasteiger partial charge in [-0.25, -0.2) is 0 Å². The maximum Gasteiger partial charge on any atom is 0.252 e. The number of rotatable bonds is 2. The Hall–Kier alpha value is -1.20. The minimum Gasteiger partial charge on any atom is -0.387 e. The van der Waals surface area contributed by atoms with Gasteiger partial charge >= 0.3 is 0 Å². The van der Waals surface area contributed by atoms with Crippen LogP contribution in [0.15, 0.2) is 27.2 Å². The molecule has 0 unspecified atom stereocenters. The van der Waals surface area contributed by atoms with Crippen LogP contribution in [0.2, 0.25) is 0 Å². The Kier molecular flexibility index (Phi) is 2.83. The smallest absolute Gasteiger partial charge is 0.252 e. The monoisotopic (exact) mass is 268 g/mol. The molecule has 0 aliphatic rings. The highest BCUT2D eigenvalue weighted by atomic mass is 79.9. The molecule has 5 heteroatoms. The second kappa shape index (κ2) is 4.12. The zero-order chi connectivity index (χ0) is 10.8. The van der Waals surface area contributed by atoms with Crippen LogP contribution in [0.1, 0.15) is 11.5 Å². The number of aliphatic hydroxyl groups is 1. The molecule has 0 saturated carbocycles. The average molecular weight is 269 g/mol. The normalized spacial score (nSPS) is 10.6. The summed E-state index contributed by atoms with van der Waals surface area (Å²) in [5, 5.41) is 12.6. The van der Waals surface area contributed by atoms with Crippen molar-refractivity contribution in [3.63, 3.8) is 0 Å². The van der Waals surface area contributed by atoms with Gasteiger partial charge in [0.2, 0.25) is 5.82 Å². The summed E-state index contributed by atoms with van der Waals surface area (Å²) in [6, 6.07) is 5.79. The molecule has 2 rings (SSSR count). The lowest BCUT2D eigenvalue weighted by atomic mass is 10.1. The quantitative estimate of drug-likeness (QED) is 0.908. The lowest BCUT2D eigenvalue weighted by Crippen LogP contribution is -1.84. The van der Waals surface area contributed by atoms with Crippen molar-refractivity contribution in [3.05, 3.63) is 34.1 Å². The lowest BCUT2D eigenvalue weighted by molar-refractivity contribution is 0.222. The summed E-state index contributed by atoms with van der Waals surface area (Å²) in [5.74, 6) is 0.710. The van der Waals surface area contributed by atoms with Gasteiger partial charge in [-0.3, -0.25) is 0 Å². The Balaban J connectivity index is 2.40. The third-order valence-corrected chi connectivity index (χ3v) is 2.89. The topological polar surface area (TPSA) is 59.2 Å². The molecule has 78 valence electrons. The van der Waals surface area contributed by atoms with E-state index in [-0.39, 0.29) is 12.5 Å². The van der Waals surface area contributed by atoms with Gasteiger partial charge in [0.05, 0.1) is 0 Å². The predicted octanol–water partition coefficient (Wildman–Crippen LogP) is 2.30. The molecule has 1 heterocycles. The van der Waals surface area contributed by atoms with Crippen molar-refractivity contribution in [1.29, 1.82) is 0 Å². The molecule has 0 amide bonds. The highest BCUT2D eigenvalue weighted by molar-refractivity contribution is 9.10. The Labute approximate surface area is 95.1 Å². The molecule has 0 radical (unpaired) electrons. The summed E-state index contributed by atoms with van der Waals surface area (Å²) < 4.78 is 5.81. The van der Waals surface area contributed by atoms with Crippen molar-refractivity contribution in [2.45, 2.75) is 13.5 Å². The van der Waals surface area contributed by atoms with Crippen molar-refractivity contribution in [3.8, 4) is 11.4 Å². The summed E-state index contributed by atoms with van der Waals surface area (Å²) in [4.78, 5) is 4.02. The number of aliphatic hydroxyl groups excluding tert-OH is 1. The molecular weight excluding hydrogens is 260 g/mol. The standard InChI is InChI=1S/C10H9BrN2O2/c1-6-2-3-7(4-8(6)11)10-12-9(5-14)15-13-10/h2-4,14H,5H2,1H3. The third kappa shape index (κ3) is 2.08. The molecule has 1 N–H and O–H groups in total. The fourth-order valence-corrected chi connectivity index (χ4v) is 1.55. The van der Waals surface area contributed by atoms with Crippen molar-refractivity contribution in [1.82, 2.24) is 10.1 Å². The van der Waals surface area contributed by atoms with Crippen molar-refractivity contribution in [2.24, 2.45) is 0 Å². The molecule has 0 spiro atoms. The molecule has 1 aromatic carbocycles. The number of hydrogen-bond donors (Lipinski definition) is 1. The van der Waals surface area contributed by atoms with Crippen molar-refractivity contribution >= 4 is 15.9 Å². The van der Waals surface area contributed by atoms with Gasteiger partial charge in [0.1, 0.15) is 6.61 Å². The van der Waals surface area contributed by atoms with Gasteiger partial charge in [0.15, 0.2) is 0 Å². The third-order valence-electron chi connectivity index (χ3n) is 2.03. The maximum atomic E-state index is 8.79. The largest absolute Gasteiger partial charge is 0.387 e. The first-order chi connectivity index (χ1) is 7.20. The van der Waals surface area contributed by atoms with E-state index in [9.17, 15) is 0 Å². The van der Waals surface area contributed by atoms with Crippen LogP contribution in [0.4, 0.5) is 0 Å². The Bertz CT molecular complexity index is 482. The predicted molar refractivity (Wildman–Crippen MR) is 58.1 cm³/mol. The van der Waals surface area contributed by atoms with Gasteiger partial charge in [0, 0.05) is 10.0 Å². The first-order valence-corrected chi connectivity index (χ1v) is 5.20. The molecular formula is C10H9BrN2O2. The SMILES string of the molecule is Cc1ccc(-c2noc(CO)n2)cc1Br. The fraction of sp³-hybridized carbons (Fsp3) is 0.200. The summed E-state index contributed by atoms with van der Waals surface area (Å²) in [5.41, 5.74) is 2.00. The number of halogens is 1. The maximum absolute atomic E-state index is 8.79. The van der Waals surface area contributed by atoms with Crippen LogP contribution in [0.3, 0.4) is 0 Å². The Morgan fingerprint density at radius 3 is 2.87 bits per heavy atom. The van der Waals surface area contributed by atoms with E-state index in [1.54, 1.807) is 0 Å². The van der Waals surface area contributed by atoms with Crippen LogP contribution >= 0.6 is 15.9 Å². The first kappa shape index (κ1) is 10.3. The molecule has 0 fully saturated rings. The second-order valence-corrected chi connectivity index (χ2v) is 3.99. The molecule has 0 aliphatic carbocycles. The van der Waals surface area contributed by atoms with E-state index in [0.717, 1.165) is 15.6 Å². The average Bonchev–Trinajstić information content (AvgIpc) is 2.70. The minimum absolute atomic E-state index is 0.224. The van der Waals surface area contributed by atoms with Gasteiger partial charge in [-0.2, -0.15) is 4.98 Å². The summed E-state index contributed by atoms with van der Waals surface area (Å²) >= 11 is 3.43. The summed E-state index contributed by atoms with van der Waals surface area (Å²) in [6.45, 7) is 1.77. The number of benzene rings is 1. The van der Waals surface area contributed by atoms with Gasteiger partial charge in [-0.15, -0.1) is 0 Å². The van der Waals surface area contributed by atoms with E-state index < -0.39 is 0 Å². The second-order valence-electron chi connectivity index (χ2n) is 3.13. The van der Waals surface area contributed by atoms with E-state index in [1.165, 1.54) is 0 Å². The van der Waals surface area contributed by atoms with E-state index in [0.29, 0.717) is 5.82 Å². The zero-order valence-electron chi connectivity index (χ0n) is 8.07. The van der Waals surface area contributed by atoms with Crippen LogP contribution in [-0.4, -0.2) is 15.2 Å². The molecule has 4 nitrogen and oxygen atoms in total. The van der Waals surface area contributed by atoms with Crippen LogP contribution < -0.4 is 0 Å². The first-order valence-electron chi connectivity index (χ1n) is 4.40. The minimum atomic E-state index is -0.236. The van der Waals surface area contributed by atoms with Crippen LogP contribution in [0.25, 0.3) is 11.4 Å². The highest BCUT2D eigenvalue weighted by Crippen LogP contribution is 2.23. The summed E-state index contributed by atoms with van der Waals surface area (Å²) in [6.07, 6.45) is 0. The van der Waals surface area contributed by atoms with Crippen LogP contribution in [-0.2, 0) is 6.61 Å². The summed E-state index contributed by atoms with van der Waals surface area (Å²) in [7, 11) is 0. The van der Waals surface area contributed by atoms with Crippen molar-refractivity contribution in [2.75, 3.05) is 0 Å². The molecule has 1 aromatic heterocycles. The number of hydrogen-bond acceptors (Lipinski definition) is 4. The number of aryl methyl sites for hydroxylation is 1. The van der Waals surface area contributed by atoms with E-state index in [4.69, 9.17) is 9.63 Å². The highest BCUT2D eigenvalue weighted by Gasteiger charge is 2.08. The Morgan fingerprint density at radius 1 is 1.47 bits per heavy atom. The lowest BCUT2D eigenvalue weighted by Gasteiger charge is -1.99. The van der Waals surface area contributed by atoms with E-state index >= 15 is 0 Å². The molecule has 2 aromatic rings. The van der Waals surface area contributed by atoms with Crippen LogP contribution in [0, 0.1) is 6.92 Å². The molecule has 0 aliphatic heterocycles. The van der Waals surface area contributed by atoms with Gasteiger partial charge in [-0.05, 0) is 18.6 Å². The molecule has 15 heavy (non-hydrogen) atoms. The zero-order valence-corrected chi connectivity index (χ0v) is 9.65. The fourth-order valence-electron chi connectivity index (χ4n) is 1.17. The Morgan fingerprint density at radius 2 is 2.27 bits per heavy atom. The van der Waals surface area contributed by atoms with E-state index in [1.807, 2.05) is 25.1 Å². The molecule has 0 atom stereocenters.